The molecule has 0 unspecified atom stereocenters. The van der Waals surface area contributed by atoms with Crippen LogP contribution in [-0.4, -0.2) is 25.8 Å². The van der Waals surface area contributed by atoms with Crippen LogP contribution in [-0.2, 0) is 12.2 Å². The van der Waals surface area contributed by atoms with E-state index in [4.69, 9.17) is 9.47 Å². The van der Waals surface area contributed by atoms with Crippen LogP contribution in [0.1, 0.15) is 25.7 Å². The van der Waals surface area contributed by atoms with Crippen LogP contribution in [0.25, 0.3) is 0 Å². The molecule has 110 valence electrons. The molecule has 5 heteroatoms. The lowest BCUT2D eigenvalue weighted by atomic mass is 10.1. The van der Waals surface area contributed by atoms with Crippen LogP contribution < -0.4 is 9.47 Å². The highest BCUT2D eigenvalue weighted by Gasteiger charge is 2.23. The van der Waals surface area contributed by atoms with Gasteiger partial charge in [-0.05, 0) is 35.9 Å². The van der Waals surface area contributed by atoms with Crippen molar-refractivity contribution in [2.75, 3.05) is 20.0 Å². The molecule has 0 spiro atoms. The lowest BCUT2D eigenvalue weighted by molar-refractivity contribution is 0.103. The summed E-state index contributed by atoms with van der Waals surface area (Å²) in [6, 6.07) is 7.43. The maximum absolute atomic E-state index is 12.9. The van der Waals surface area contributed by atoms with Gasteiger partial charge < -0.3 is 9.47 Å². The third-order valence-corrected chi connectivity index (χ3v) is 5.75. The number of carbonyl (C=O) groups excluding carboxylic acids is 1. The van der Waals surface area contributed by atoms with Crippen LogP contribution in [0.4, 0.5) is 0 Å². The summed E-state index contributed by atoms with van der Waals surface area (Å²) in [5.41, 5.74) is 1.81. The molecule has 0 N–H and O–H groups in total. The molecule has 21 heavy (non-hydrogen) atoms. The molecule has 0 saturated heterocycles. The smallest absolute Gasteiger partial charge is 0.210 e. The van der Waals surface area contributed by atoms with Gasteiger partial charge in [0, 0.05) is 10.6 Å². The Morgan fingerprint density at radius 2 is 1.90 bits per heavy atom. The minimum atomic E-state index is -0.0197. The van der Waals surface area contributed by atoms with Gasteiger partial charge >= 0.3 is 0 Å². The lowest BCUT2D eigenvalue weighted by Gasteiger charge is -2.11. The second-order valence-electron chi connectivity index (χ2n) is 4.73. The number of hydrogen-bond acceptors (Lipinski definition) is 5. The Kier molecular flexibility index (Phi) is 4.22. The van der Waals surface area contributed by atoms with Crippen molar-refractivity contribution in [2.45, 2.75) is 12.2 Å². The van der Waals surface area contributed by atoms with E-state index in [9.17, 15) is 4.79 Å². The fraction of sp³-hybridized carbons (Fsp3) is 0.312. The van der Waals surface area contributed by atoms with Gasteiger partial charge in [-0.1, -0.05) is 6.07 Å². The Balaban J connectivity index is 2.04. The predicted octanol–water partition coefficient (Wildman–Crippen LogP) is 3.79. The maximum Gasteiger partial charge on any atom is 0.210 e. The van der Waals surface area contributed by atoms with Crippen LogP contribution in [0.15, 0.2) is 24.3 Å². The molecule has 1 aromatic carbocycles. The van der Waals surface area contributed by atoms with Crippen LogP contribution in [0.2, 0.25) is 0 Å². The number of fused-ring (bicyclic) bond motifs is 1. The van der Waals surface area contributed by atoms with Crippen molar-refractivity contribution >= 4 is 28.9 Å². The molecule has 1 aliphatic heterocycles. The second-order valence-corrected chi connectivity index (χ2v) is 6.97. The van der Waals surface area contributed by atoms with Crippen molar-refractivity contribution in [3.05, 3.63) is 45.1 Å². The van der Waals surface area contributed by atoms with E-state index in [2.05, 4.69) is 0 Å². The molecule has 0 amide bonds. The quantitative estimate of drug-likeness (QED) is 0.803. The molecule has 0 aliphatic carbocycles. The number of ketones is 1. The number of aryl methyl sites for hydroxylation is 1. The van der Waals surface area contributed by atoms with E-state index in [1.54, 1.807) is 37.7 Å². The first-order chi connectivity index (χ1) is 10.2. The summed E-state index contributed by atoms with van der Waals surface area (Å²) in [5, 5.41) is 0. The third-order valence-electron chi connectivity index (χ3n) is 3.51. The van der Waals surface area contributed by atoms with Gasteiger partial charge in [0.05, 0.1) is 19.1 Å². The Bertz CT molecular complexity index is 630. The van der Waals surface area contributed by atoms with Crippen LogP contribution in [0.5, 0.6) is 11.5 Å². The first-order valence-electron chi connectivity index (χ1n) is 6.69. The summed E-state index contributed by atoms with van der Waals surface area (Å²) in [6.45, 7) is 0. The van der Waals surface area contributed by atoms with E-state index in [1.165, 1.54) is 10.4 Å². The fourth-order valence-electron chi connectivity index (χ4n) is 2.46. The van der Waals surface area contributed by atoms with E-state index in [0.29, 0.717) is 17.1 Å². The molecule has 1 aliphatic rings. The van der Waals surface area contributed by atoms with Gasteiger partial charge in [-0.25, -0.2) is 0 Å². The van der Waals surface area contributed by atoms with Crippen LogP contribution in [0, 0.1) is 0 Å². The zero-order chi connectivity index (χ0) is 14.8. The van der Waals surface area contributed by atoms with Crippen molar-refractivity contribution in [1.82, 2.24) is 0 Å². The Hall–Kier alpha value is -1.46. The molecule has 1 aromatic heterocycles. The first kappa shape index (κ1) is 14.5. The molecule has 2 heterocycles. The van der Waals surface area contributed by atoms with Gasteiger partial charge in [0.2, 0.25) is 5.78 Å². The minimum absolute atomic E-state index is 0.0197. The van der Waals surface area contributed by atoms with E-state index in [0.717, 1.165) is 22.8 Å². The van der Waals surface area contributed by atoms with Crippen molar-refractivity contribution in [2.24, 2.45) is 0 Å². The van der Waals surface area contributed by atoms with Gasteiger partial charge in [-0.3, -0.25) is 4.79 Å². The summed E-state index contributed by atoms with van der Waals surface area (Å²) in [7, 11) is 3.14. The lowest BCUT2D eigenvalue weighted by Crippen LogP contribution is -2.05. The zero-order valence-corrected chi connectivity index (χ0v) is 13.6. The summed E-state index contributed by atoms with van der Waals surface area (Å²) in [6.07, 6.45) is 1.06. The van der Waals surface area contributed by atoms with E-state index < -0.39 is 0 Å². The summed E-state index contributed by atoms with van der Waals surface area (Å²) >= 11 is 3.52. The molecular formula is C16H16O3S2. The molecule has 0 fully saturated rings. The second kappa shape index (κ2) is 6.12. The minimum Gasteiger partial charge on any atom is -0.496 e. The highest BCUT2D eigenvalue weighted by atomic mass is 32.2. The van der Waals surface area contributed by atoms with Crippen LogP contribution >= 0.6 is 23.1 Å². The van der Waals surface area contributed by atoms with Crippen molar-refractivity contribution in [1.29, 1.82) is 0 Å². The summed E-state index contributed by atoms with van der Waals surface area (Å²) in [4.78, 5) is 15.0. The number of rotatable bonds is 4. The van der Waals surface area contributed by atoms with Crippen molar-refractivity contribution in [3.63, 3.8) is 0 Å². The van der Waals surface area contributed by atoms with Crippen molar-refractivity contribution in [3.8, 4) is 11.5 Å². The maximum atomic E-state index is 12.9. The van der Waals surface area contributed by atoms with Crippen molar-refractivity contribution < 1.29 is 14.3 Å². The fourth-order valence-corrected chi connectivity index (χ4v) is 4.78. The SMILES string of the molecule is COc1cccc(OC)c1C(=O)c1cc2c(s1)CCSC2. The Morgan fingerprint density at radius 1 is 1.19 bits per heavy atom. The largest absolute Gasteiger partial charge is 0.496 e. The first-order valence-corrected chi connectivity index (χ1v) is 8.66. The molecular weight excluding hydrogens is 304 g/mol. The van der Waals surface area contributed by atoms with Gasteiger partial charge in [0.15, 0.2) is 0 Å². The number of benzene rings is 1. The summed E-state index contributed by atoms with van der Waals surface area (Å²) in [5.74, 6) is 3.23. The summed E-state index contributed by atoms with van der Waals surface area (Å²) < 4.78 is 10.7. The van der Waals surface area contributed by atoms with Gasteiger partial charge in [-0.2, -0.15) is 11.8 Å². The van der Waals surface area contributed by atoms with Gasteiger partial charge in [-0.15, -0.1) is 11.3 Å². The average Bonchev–Trinajstić information content (AvgIpc) is 2.97. The van der Waals surface area contributed by atoms with Gasteiger partial charge in [0.25, 0.3) is 0 Å². The monoisotopic (exact) mass is 320 g/mol. The number of thiophene rings is 1. The molecule has 3 rings (SSSR count). The Labute approximate surface area is 132 Å². The molecule has 0 atom stereocenters. The molecule has 0 radical (unpaired) electrons. The van der Waals surface area contributed by atoms with Gasteiger partial charge in [0.1, 0.15) is 17.1 Å². The van der Waals surface area contributed by atoms with E-state index in [1.807, 2.05) is 23.9 Å². The molecule has 0 bridgehead atoms. The molecule has 0 saturated carbocycles. The molecule has 2 aromatic rings. The predicted molar refractivity (Wildman–Crippen MR) is 87.2 cm³/mol. The number of thioether (sulfide) groups is 1. The van der Waals surface area contributed by atoms with Crippen LogP contribution in [0.3, 0.4) is 0 Å². The average molecular weight is 320 g/mol. The number of hydrogen-bond donors (Lipinski definition) is 0. The Morgan fingerprint density at radius 3 is 2.52 bits per heavy atom. The van der Waals surface area contributed by atoms with E-state index in [-0.39, 0.29) is 5.78 Å². The number of ether oxygens (including phenoxy) is 2. The standard InChI is InChI=1S/C16H16O3S2/c1-18-11-4-3-5-12(19-2)15(11)16(17)14-8-10-9-20-7-6-13(10)21-14/h3-5,8H,6-7,9H2,1-2H3. The van der Waals surface area contributed by atoms with E-state index >= 15 is 0 Å². The third kappa shape index (κ3) is 2.68. The highest BCUT2D eigenvalue weighted by Crippen LogP contribution is 2.36. The highest BCUT2D eigenvalue weighted by molar-refractivity contribution is 7.98. The zero-order valence-electron chi connectivity index (χ0n) is 12.0. The number of methoxy groups -OCH3 is 2. The number of carbonyl (C=O) groups is 1. The molecule has 3 nitrogen and oxygen atoms in total. The normalized spacial score (nSPS) is 13.6. The topological polar surface area (TPSA) is 35.5 Å².